The van der Waals surface area contributed by atoms with E-state index in [2.05, 4.69) is 11.2 Å². The van der Waals surface area contributed by atoms with Crippen LogP contribution in [0.25, 0.3) is 5.52 Å². The minimum Gasteiger partial charge on any atom is -0.322 e. The molecule has 0 aliphatic heterocycles. The Kier molecular flexibility index (Phi) is 3.35. The normalized spacial score (nSPS) is 12.7. The van der Waals surface area contributed by atoms with Crippen LogP contribution in [-0.4, -0.2) is 14.2 Å². The molecule has 21 heavy (non-hydrogen) atoms. The molecule has 0 radical (unpaired) electrons. The zero-order valence-electron chi connectivity index (χ0n) is 12.2. The summed E-state index contributed by atoms with van der Waals surface area (Å²) in [5.41, 5.74) is 9.76. The van der Waals surface area contributed by atoms with Crippen molar-refractivity contribution in [2.75, 3.05) is 0 Å². The number of fused-ring (bicyclic) bond motifs is 1. The molecule has 0 saturated heterocycles. The predicted octanol–water partition coefficient (Wildman–Crippen LogP) is 1.81. The van der Waals surface area contributed by atoms with E-state index >= 15 is 0 Å². The van der Waals surface area contributed by atoms with Gasteiger partial charge in [0.05, 0.1) is 5.69 Å². The molecule has 3 rings (SSSR count). The van der Waals surface area contributed by atoms with Gasteiger partial charge in [-0.15, -0.1) is 0 Å². The first-order valence-electron chi connectivity index (χ1n) is 6.92. The molecule has 0 spiro atoms. The molecular formula is C16H18N4O. The Morgan fingerprint density at radius 2 is 2.05 bits per heavy atom. The van der Waals surface area contributed by atoms with Crippen molar-refractivity contribution in [3.05, 3.63) is 69.9 Å². The van der Waals surface area contributed by atoms with Crippen molar-refractivity contribution in [3.63, 3.8) is 0 Å². The van der Waals surface area contributed by atoms with Crippen LogP contribution in [0, 0.1) is 13.8 Å². The molecule has 5 heteroatoms. The monoisotopic (exact) mass is 282 g/mol. The lowest BCUT2D eigenvalue weighted by molar-refractivity contribution is 0.559. The summed E-state index contributed by atoms with van der Waals surface area (Å²) in [5.74, 6) is 0. The van der Waals surface area contributed by atoms with Gasteiger partial charge >= 0.3 is 0 Å². The van der Waals surface area contributed by atoms with Crippen molar-refractivity contribution in [1.29, 1.82) is 0 Å². The second-order valence-electron chi connectivity index (χ2n) is 5.39. The summed E-state index contributed by atoms with van der Waals surface area (Å²) >= 11 is 0. The summed E-state index contributed by atoms with van der Waals surface area (Å²) in [5, 5.41) is 4.24. The molecule has 2 N–H and O–H groups in total. The van der Waals surface area contributed by atoms with Gasteiger partial charge < -0.3 is 10.3 Å². The quantitative estimate of drug-likeness (QED) is 0.797. The molecule has 2 heterocycles. The number of nitrogens with two attached hydrogens (primary N) is 1. The number of nitrogens with zero attached hydrogens (tertiary/aromatic N) is 3. The van der Waals surface area contributed by atoms with Crippen LogP contribution in [0.5, 0.6) is 0 Å². The topological polar surface area (TPSA) is 65.3 Å². The van der Waals surface area contributed by atoms with E-state index in [1.165, 1.54) is 0 Å². The van der Waals surface area contributed by atoms with Gasteiger partial charge in [0.15, 0.2) is 0 Å². The van der Waals surface area contributed by atoms with Crippen LogP contribution in [0.1, 0.15) is 22.9 Å². The summed E-state index contributed by atoms with van der Waals surface area (Å²) in [4.78, 5) is 12.4. The van der Waals surface area contributed by atoms with Crippen LogP contribution in [0.4, 0.5) is 0 Å². The fourth-order valence-corrected chi connectivity index (χ4v) is 2.51. The van der Waals surface area contributed by atoms with E-state index in [0.29, 0.717) is 12.1 Å². The van der Waals surface area contributed by atoms with Gasteiger partial charge in [-0.25, -0.2) is 4.52 Å². The van der Waals surface area contributed by atoms with Crippen LogP contribution < -0.4 is 11.3 Å². The second-order valence-corrected chi connectivity index (χ2v) is 5.39. The summed E-state index contributed by atoms with van der Waals surface area (Å²) in [6.07, 6.45) is 3.52. The van der Waals surface area contributed by atoms with Crippen molar-refractivity contribution in [2.45, 2.75) is 26.4 Å². The van der Waals surface area contributed by atoms with Crippen molar-refractivity contribution in [1.82, 2.24) is 14.2 Å². The Hall–Kier alpha value is -2.40. The SMILES string of the molecule is Cc1cccc(C(N)Cn2ccn3nc(C)cc3c2=O)c1. The smallest absolute Gasteiger partial charge is 0.276 e. The molecule has 108 valence electrons. The lowest BCUT2D eigenvalue weighted by Crippen LogP contribution is -2.27. The third-order valence-electron chi connectivity index (χ3n) is 3.59. The van der Waals surface area contributed by atoms with Gasteiger partial charge in [-0.2, -0.15) is 5.10 Å². The van der Waals surface area contributed by atoms with Gasteiger partial charge in [-0.1, -0.05) is 29.8 Å². The molecule has 3 aromatic rings. The molecule has 0 aliphatic carbocycles. The maximum absolute atomic E-state index is 12.4. The maximum Gasteiger partial charge on any atom is 0.276 e. The standard InChI is InChI=1S/C16H18N4O/c1-11-4-3-5-13(8-11)14(17)10-19-6-7-20-15(16(19)21)9-12(2)18-20/h3-9,14H,10,17H2,1-2H3. The Morgan fingerprint density at radius 3 is 2.81 bits per heavy atom. The number of aryl methyl sites for hydroxylation is 2. The number of benzene rings is 1. The molecule has 0 amide bonds. The van der Waals surface area contributed by atoms with Crippen molar-refractivity contribution in [3.8, 4) is 0 Å². The van der Waals surface area contributed by atoms with Crippen LogP contribution in [-0.2, 0) is 6.54 Å². The molecule has 1 unspecified atom stereocenters. The highest BCUT2D eigenvalue weighted by molar-refractivity contribution is 5.44. The van der Waals surface area contributed by atoms with Crippen molar-refractivity contribution >= 4 is 5.52 Å². The molecule has 1 aromatic carbocycles. The van der Waals surface area contributed by atoms with Gasteiger partial charge in [0.25, 0.3) is 5.56 Å². The van der Waals surface area contributed by atoms with Crippen molar-refractivity contribution < 1.29 is 0 Å². The van der Waals surface area contributed by atoms with Crippen LogP contribution in [0.2, 0.25) is 0 Å². The first-order valence-corrected chi connectivity index (χ1v) is 6.92. The minimum atomic E-state index is -0.214. The Balaban J connectivity index is 1.94. The number of aromatic nitrogens is 3. The van der Waals surface area contributed by atoms with Gasteiger partial charge in [0.2, 0.25) is 0 Å². The summed E-state index contributed by atoms with van der Waals surface area (Å²) in [6.45, 7) is 4.35. The fraction of sp³-hybridized carbons (Fsp3) is 0.250. The Morgan fingerprint density at radius 1 is 1.24 bits per heavy atom. The largest absolute Gasteiger partial charge is 0.322 e. The molecule has 0 fully saturated rings. The number of hydrogen-bond acceptors (Lipinski definition) is 3. The molecule has 0 saturated carbocycles. The van der Waals surface area contributed by atoms with Crippen LogP contribution >= 0.6 is 0 Å². The molecule has 2 aromatic heterocycles. The van der Waals surface area contributed by atoms with E-state index < -0.39 is 0 Å². The van der Waals surface area contributed by atoms with E-state index in [1.807, 2.05) is 32.0 Å². The average Bonchev–Trinajstić information content (AvgIpc) is 2.83. The van der Waals surface area contributed by atoms with Gasteiger partial charge in [-0.05, 0) is 25.5 Å². The highest BCUT2D eigenvalue weighted by Gasteiger charge is 2.10. The first-order chi connectivity index (χ1) is 10.0. The molecule has 5 nitrogen and oxygen atoms in total. The lowest BCUT2D eigenvalue weighted by Gasteiger charge is -2.14. The van der Waals surface area contributed by atoms with Gasteiger partial charge in [0.1, 0.15) is 5.52 Å². The summed E-state index contributed by atoms with van der Waals surface area (Å²) in [7, 11) is 0. The van der Waals surface area contributed by atoms with E-state index in [1.54, 1.807) is 27.5 Å². The van der Waals surface area contributed by atoms with Crippen LogP contribution in [0.15, 0.2) is 47.5 Å². The molecular weight excluding hydrogens is 264 g/mol. The third kappa shape index (κ3) is 2.60. The van der Waals surface area contributed by atoms with Crippen molar-refractivity contribution in [2.24, 2.45) is 5.73 Å². The first kappa shape index (κ1) is 13.6. The van der Waals surface area contributed by atoms with Gasteiger partial charge in [-0.3, -0.25) is 4.79 Å². The highest BCUT2D eigenvalue weighted by Crippen LogP contribution is 2.13. The maximum atomic E-state index is 12.4. The van der Waals surface area contributed by atoms with E-state index in [4.69, 9.17) is 5.73 Å². The van der Waals surface area contributed by atoms with E-state index in [-0.39, 0.29) is 11.6 Å². The summed E-state index contributed by atoms with van der Waals surface area (Å²) in [6, 6.07) is 9.63. The van der Waals surface area contributed by atoms with E-state index in [9.17, 15) is 4.79 Å². The zero-order chi connectivity index (χ0) is 15.0. The minimum absolute atomic E-state index is 0.0683. The van der Waals surface area contributed by atoms with E-state index in [0.717, 1.165) is 16.8 Å². The number of rotatable bonds is 3. The second kappa shape index (κ2) is 5.18. The third-order valence-corrected chi connectivity index (χ3v) is 3.59. The average molecular weight is 282 g/mol. The summed E-state index contributed by atoms with van der Waals surface area (Å²) < 4.78 is 3.25. The lowest BCUT2D eigenvalue weighted by atomic mass is 10.1. The fourth-order valence-electron chi connectivity index (χ4n) is 2.51. The molecule has 0 bridgehead atoms. The van der Waals surface area contributed by atoms with Gasteiger partial charge in [0, 0.05) is 25.0 Å². The molecule has 1 atom stereocenters. The predicted molar refractivity (Wildman–Crippen MR) is 82.3 cm³/mol. The Labute approximate surface area is 122 Å². The van der Waals surface area contributed by atoms with Crippen LogP contribution in [0.3, 0.4) is 0 Å². The zero-order valence-corrected chi connectivity index (χ0v) is 12.2. The molecule has 0 aliphatic rings. The highest BCUT2D eigenvalue weighted by atomic mass is 16.1. The Bertz CT molecular complexity index is 847. The number of hydrogen-bond donors (Lipinski definition) is 1.